The lowest BCUT2D eigenvalue weighted by Gasteiger charge is -2.05. The molecule has 3 rings (SSSR count). The number of hydrogen-bond donors (Lipinski definition) is 2. The molecule has 0 saturated carbocycles. The number of carbonyl (C=O) groups is 1. The van der Waals surface area contributed by atoms with E-state index in [2.05, 4.69) is 0 Å². The Kier molecular flexibility index (Phi) is 3.57. The number of nitrogens with two attached hydrogens (primary N) is 1. The van der Waals surface area contributed by atoms with Crippen molar-refractivity contribution in [2.75, 3.05) is 0 Å². The number of carbonyl (C=O) groups excluding carboxylic acids is 1. The van der Waals surface area contributed by atoms with Gasteiger partial charge in [0, 0.05) is 0 Å². The molecule has 0 aliphatic rings. The van der Waals surface area contributed by atoms with Crippen LogP contribution in [0.3, 0.4) is 0 Å². The van der Waals surface area contributed by atoms with E-state index in [9.17, 15) is 4.79 Å². The first-order valence-electron chi connectivity index (χ1n) is 6.47. The van der Waals surface area contributed by atoms with Gasteiger partial charge in [-0.2, -0.15) is 0 Å². The third kappa shape index (κ3) is 2.88. The molecule has 0 radical (unpaired) electrons. The van der Waals surface area contributed by atoms with Crippen LogP contribution in [0.15, 0.2) is 59.0 Å². The predicted molar refractivity (Wildman–Crippen MR) is 78.6 cm³/mol. The van der Waals surface area contributed by atoms with Gasteiger partial charge in [0.05, 0.1) is 0 Å². The van der Waals surface area contributed by atoms with Crippen LogP contribution in [0.25, 0.3) is 10.8 Å². The van der Waals surface area contributed by atoms with Crippen LogP contribution in [0.1, 0.15) is 16.3 Å². The number of furan rings is 1. The van der Waals surface area contributed by atoms with Gasteiger partial charge in [0.25, 0.3) is 0 Å². The maximum absolute atomic E-state index is 11.3. The van der Waals surface area contributed by atoms with Crippen LogP contribution in [0.5, 0.6) is 5.75 Å². The van der Waals surface area contributed by atoms with E-state index in [0.29, 0.717) is 5.76 Å². The predicted octanol–water partition coefficient (Wildman–Crippen LogP) is 2.62. The number of hydrogen-bond acceptors (Lipinski definition) is 4. The van der Waals surface area contributed by atoms with Crippen molar-refractivity contribution in [3.63, 3.8) is 0 Å². The molecule has 0 spiro atoms. The van der Waals surface area contributed by atoms with Crippen LogP contribution >= 0.6 is 0 Å². The third-order valence-electron chi connectivity index (χ3n) is 3.12. The largest absolute Gasteiger partial charge is 0.486 e. The average molecular weight is 282 g/mol. The monoisotopic (exact) mass is 282 g/mol. The fraction of sp³-hybridized carbons (Fsp3) is 0.0625. The Morgan fingerprint density at radius 1 is 1.10 bits per heavy atom. The fourth-order valence-electron chi connectivity index (χ4n) is 2.06. The van der Waals surface area contributed by atoms with Crippen molar-refractivity contribution in [1.29, 1.82) is 0 Å². The minimum Gasteiger partial charge on any atom is -0.486 e. The summed E-state index contributed by atoms with van der Waals surface area (Å²) in [6, 6.07) is 17.2. The lowest BCUT2D eigenvalue weighted by molar-refractivity contribution is 0.0922. The van der Waals surface area contributed by atoms with Crippen molar-refractivity contribution in [3.05, 3.63) is 66.1 Å². The number of nitrogen functional groups attached to an aromatic ring is 1. The highest BCUT2D eigenvalue weighted by Crippen LogP contribution is 2.21. The van der Waals surface area contributed by atoms with Gasteiger partial charge in [0.1, 0.15) is 18.1 Å². The van der Waals surface area contributed by atoms with Crippen LogP contribution in [0.4, 0.5) is 0 Å². The molecular formula is C16H14N2O3. The van der Waals surface area contributed by atoms with Crippen molar-refractivity contribution in [2.45, 2.75) is 6.61 Å². The molecule has 0 saturated heterocycles. The molecule has 5 heteroatoms. The van der Waals surface area contributed by atoms with E-state index in [1.165, 1.54) is 0 Å². The van der Waals surface area contributed by atoms with Gasteiger partial charge in [-0.05, 0) is 35.0 Å². The van der Waals surface area contributed by atoms with Crippen LogP contribution < -0.4 is 16.0 Å². The van der Waals surface area contributed by atoms with Crippen molar-refractivity contribution >= 4 is 16.7 Å². The number of rotatable bonds is 4. The molecule has 0 aliphatic carbocycles. The van der Waals surface area contributed by atoms with E-state index >= 15 is 0 Å². The summed E-state index contributed by atoms with van der Waals surface area (Å²) >= 11 is 0. The van der Waals surface area contributed by atoms with Gasteiger partial charge in [-0.1, -0.05) is 30.3 Å². The van der Waals surface area contributed by atoms with Gasteiger partial charge in [-0.25, -0.2) is 5.84 Å². The van der Waals surface area contributed by atoms with Gasteiger partial charge in [-0.15, -0.1) is 0 Å². The molecule has 0 atom stereocenters. The maximum Gasteiger partial charge on any atom is 0.300 e. The molecule has 5 nitrogen and oxygen atoms in total. The Labute approximate surface area is 121 Å². The van der Waals surface area contributed by atoms with Crippen LogP contribution in [-0.4, -0.2) is 5.91 Å². The lowest BCUT2D eigenvalue weighted by atomic mass is 10.1. The van der Waals surface area contributed by atoms with Crippen molar-refractivity contribution < 1.29 is 13.9 Å². The summed E-state index contributed by atoms with van der Waals surface area (Å²) in [4.78, 5) is 11.3. The quantitative estimate of drug-likeness (QED) is 0.438. The zero-order valence-corrected chi connectivity index (χ0v) is 11.2. The van der Waals surface area contributed by atoms with Gasteiger partial charge >= 0.3 is 5.91 Å². The van der Waals surface area contributed by atoms with Gasteiger partial charge < -0.3 is 9.15 Å². The SMILES string of the molecule is NNC(=O)c1ccc(COc2ccc3ccccc3c2)o1. The molecular weight excluding hydrogens is 268 g/mol. The second-order valence-corrected chi connectivity index (χ2v) is 4.54. The Morgan fingerprint density at radius 3 is 2.71 bits per heavy atom. The molecule has 0 unspecified atom stereocenters. The zero-order valence-electron chi connectivity index (χ0n) is 11.2. The summed E-state index contributed by atoms with van der Waals surface area (Å²) < 4.78 is 11.0. The normalized spacial score (nSPS) is 10.5. The summed E-state index contributed by atoms with van der Waals surface area (Å²) in [7, 11) is 0. The van der Waals surface area contributed by atoms with Crippen molar-refractivity contribution in [2.24, 2.45) is 5.84 Å². The molecule has 106 valence electrons. The summed E-state index contributed by atoms with van der Waals surface area (Å²) in [6.45, 7) is 0.246. The maximum atomic E-state index is 11.3. The second kappa shape index (κ2) is 5.68. The first-order chi connectivity index (χ1) is 10.3. The van der Waals surface area contributed by atoms with Gasteiger partial charge in [-0.3, -0.25) is 10.2 Å². The molecule has 0 bridgehead atoms. The number of benzene rings is 2. The van der Waals surface area contributed by atoms with Crippen LogP contribution in [-0.2, 0) is 6.61 Å². The Morgan fingerprint density at radius 2 is 1.90 bits per heavy atom. The molecule has 21 heavy (non-hydrogen) atoms. The van der Waals surface area contributed by atoms with Crippen molar-refractivity contribution in [3.8, 4) is 5.75 Å². The van der Waals surface area contributed by atoms with E-state index in [1.807, 2.05) is 47.9 Å². The summed E-state index contributed by atoms with van der Waals surface area (Å²) in [6.07, 6.45) is 0. The number of amides is 1. The molecule has 3 aromatic rings. The van der Waals surface area contributed by atoms with E-state index in [4.69, 9.17) is 15.0 Å². The number of nitrogens with one attached hydrogen (secondary N) is 1. The van der Waals surface area contributed by atoms with Crippen LogP contribution in [0, 0.1) is 0 Å². The smallest absolute Gasteiger partial charge is 0.300 e. The van der Waals surface area contributed by atoms with E-state index in [1.54, 1.807) is 12.1 Å². The molecule has 0 fully saturated rings. The molecule has 1 aromatic heterocycles. The highest BCUT2D eigenvalue weighted by Gasteiger charge is 2.09. The second-order valence-electron chi connectivity index (χ2n) is 4.54. The Balaban J connectivity index is 1.71. The molecule has 1 heterocycles. The fourth-order valence-corrected chi connectivity index (χ4v) is 2.06. The summed E-state index contributed by atoms with van der Waals surface area (Å²) in [5, 5.41) is 2.27. The Hall–Kier alpha value is -2.79. The number of ether oxygens (including phenoxy) is 1. The summed E-state index contributed by atoms with van der Waals surface area (Å²) in [5.41, 5.74) is 2.02. The summed E-state index contributed by atoms with van der Waals surface area (Å²) in [5.74, 6) is 6.04. The van der Waals surface area contributed by atoms with E-state index in [0.717, 1.165) is 16.5 Å². The lowest BCUT2D eigenvalue weighted by Crippen LogP contribution is -2.29. The standard InChI is InChI=1S/C16H14N2O3/c17-18-16(19)15-8-7-14(21-15)10-20-13-6-5-11-3-1-2-4-12(11)9-13/h1-9H,10,17H2,(H,18,19). The minimum atomic E-state index is -0.466. The molecule has 2 aromatic carbocycles. The highest BCUT2D eigenvalue weighted by atomic mass is 16.5. The van der Waals surface area contributed by atoms with Gasteiger partial charge in [0.15, 0.2) is 5.76 Å². The third-order valence-corrected chi connectivity index (χ3v) is 3.12. The van der Waals surface area contributed by atoms with Crippen molar-refractivity contribution in [1.82, 2.24) is 5.43 Å². The first-order valence-corrected chi connectivity index (χ1v) is 6.47. The highest BCUT2D eigenvalue weighted by molar-refractivity contribution is 5.90. The first kappa shape index (κ1) is 13.2. The molecule has 0 aliphatic heterocycles. The van der Waals surface area contributed by atoms with E-state index < -0.39 is 5.91 Å². The zero-order chi connectivity index (χ0) is 14.7. The Bertz CT molecular complexity index is 780. The minimum absolute atomic E-state index is 0.162. The van der Waals surface area contributed by atoms with Gasteiger partial charge in [0.2, 0.25) is 0 Å². The number of hydrazine groups is 1. The van der Waals surface area contributed by atoms with E-state index in [-0.39, 0.29) is 12.4 Å². The topological polar surface area (TPSA) is 77.5 Å². The van der Waals surface area contributed by atoms with Crippen LogP contribution in [0.2, 0.25) is 0 Å². The molecule has 1 amide bonds. The molecule has 3 N–H and O–H groups in total. The average Bonchev–Trinajstić information content (AvgIpc) is 3.01. The number of fused-ring (bicyclic) bond motifs is 1.